The van der Waals surface area contributed by atoms with Crippen molar-refractivity contribution in [2.45, 2.75) is 37.5 Å². The SMILES string of the molecule is CC(=O)C1CCN(C(=O)[C@H](Cc2cccc(C(=N)N)c2)CS(=O)(=O)c2cccc(NC(=O)CCN)c2)CC1. The molecule has 3 rings (SSSR count). The van der Waals surface area contributed by atoms with Gasteiger partial charge in [-0.3, -0.25) is 19.8 Å². The minimum atomic E-state index is -3.93. The third-order valence-electron chi connectivity index (χ3n) is 6.72. The van der Waals surface area contributed by atoms with Crippen molar-refractivity contribution in [3.8, 4) is 0 Å². The van der Waals surface area contributed by atoms with Crippen LogP contribution < -0.4 is 16.8 Å². The van der Waals surface area contributed by atoms with Crippen LogP contribution in [0.25, 0.3) is 0 Å². The van der Waals surface area contributed by atoms with Gasteiger partial charge in [0.2, 0.25) is 11.8 Å². The van der Waals surface area contributed by atoms with Gasteiger partial charge in [-0.2, -0.15) is 0 Å². The van der Waals surface area contributed by atoms with E-state index in [4.69, 9.17) is 16.9 Å². The van der Waals surface area contributed by atoms with Gasteiger partial charge in [-0.1, -0.05) is 24.3 Å². The molecule has 1 fully saturated rings. The second kappa shape index (κ2) is 12.8. The molecule has 1 aliphatic heterocycles. The van der Waals surface area contributed by atoms with E-state index in [1.165, 1.54) is 18.2 Å². The van der Waals surface area contributed by atoms with E-state index in [1.807, 2.05) is 0 Å². The van der Waals surface area contributed by atoms with Crippen LogP contribution in [0.15, 0.2) is 53.4 Å². The van der Waals surface area contributed by atoms with Crippen molar-refractivity contribution >= 4 is 39.0 Å². The van der Waals surface area contributed by atoms with E-state index in [1.54, 1.807) is 42.2 Å². The fourth-order valence-electron chi connectivity index (χ4n) is 4.62. The Morgan fingerprint density at radius 3 is 2.42 bits per heavy atom. The number of ketones is 1. The average Bonchev–Trinajstić information content (AvgIpc) is 2.88. The summed E-state index contributed by atoms with van der Waals surface area (Å²) in [5.74, 6) is -2.08. The van der Waals surface area contributed by atoms with Crippen LogP contribution in [0.3, 0.4) is 0 Å². The number of Topliss-reactive ketones (excluding diaryl/α,β-unsaturated/α-hetero) is 1. The first kappa shape index (κ1) is 29.0. The predicted octanol–water partition coefficient (Wildman–Crippen LogP) is 1.72. The van der Waals surface area contributed by atoms with Crippen molar-refractivity contribution in [3.05, 3.63) is 59.7 Å². The molecule has 6 N–H and O–H groups in total. The average molecular weight is 542 g/mol. The molecule has 0 bridgehead atoms. The molecule has 0 radical (unpaired) electrons. The first-order valence-corrected chi connectivity index (χ1v) is 14.2. The first-order valence-electron chi connectivity index (χ1n) is 12.6. The number of sulfone groups is 1. The van der Waals surface area contributed by atoms with Crippen LogP contribution in [-0.4, -0.2) is 62.1 Å². The largest absolute Gasteiger partial charge is 0.384 e. The molecule has 2 aromatic rings. The van der Waals surface area contributed by atoms with Crippen molar-refractivity contribution in [3.63, 3.8) is 0 Å². The third kappa shape index (κ3) is 7.72. The summed E-state index contributed by atoms with van der Waals surface area (Å²) in [6.07, 6.45) is 1.34. The van der Waals surface area contributed by atoms with Crippen LogP contribution in [-0.2, 0) is 30.6 Å². The maximum absolute atomic E-state index is 13.6. The van der Waals surface area contributed by atoms with Gasteiger partial charge in [0.15, 0.2) is 9.84 Å². The van der Waals surface area contributed by atoms with Gasteiger partial charge in [0.25, 0.3) is 0 Å². The number of nitrogen functional groups attached to an aromatic ring is 1. The Labute approximate surface area is 223 Å². The minimum Gasteiger partial charge on any atom is -0.384 e. The zero-order valence-corrected chi connectivity index (χ0v) is 22.3. The molecule has 0 aliphatic carbocycles. The highest BCUT2D eigenvalue weighted by molar-refractivity contribution is 7.91. The Morgan fingerprint density at radius 2 is 1.79 bits per heavy atom. The molecule has 0 spiro atoms. The monoisotopic (exact) mass is 541 g/mol. The molecule has 38 heavy (non-hydrogen) atoms. The second-order valence-corrected chi connectivity index (χ2v) is 11.7. The van der Waals surface area contributed by atoms with Crippen molar-refractivity contribution < 1.29 is 22.8 Å². The van der Waals surface area contributed by atoms with Crippen molar-refractivity contribution in [1.29, 1.82) is 5.41 Å². The van der Waals surface area contributed by atoms with Crippen LogP contribution in [0.4, 0.5) is 5.69 Å². The number of hydrogen-bond acceptors (Lipinski definition) is 7. The Morgan fingerprint density at radius 1 is 1.11 bits per heavy atom. The number of benzene rings is 2. The summed E-state index contributed by atoms with van der Waals surface area (Å²) >= 11 is 0. The summed E-state index contributed by atoms with van der Waals surface area (Å²) in [7, 11) is -3.93. The summed E-state index contributed by atoms with van der Waals surface area (Å²) < 4.78 is 27.0. The van der Waals surface area contributed by atoms with Gasteiger partial charge in [-0.25, -0.2) is 8.42 Å². The molecule has 1 aliphatic rings. The summed E-state index contributed by atoms with van der Waals surface area (Å²) in [4.78, 5) is 39.0. The molecule has 1 atom stereocenters. The quantitative estimate of drug-likeness (QED) is 0.247. The Kier molecular flexibility index (Phi) is 9.76. The predicted molar refractivity (Wildman–Crippen MR) is 145 cm³/mol. The molecule has 2 amide bonds. The number of nitrogens with zero attached hydrogens (tertiary/aromatic N) is 1. The van der Waals surface area contributed by atoms with Crippen LogP contribution in [0.1, 0.15) is 37.3 Å². The second-order valence-electron chi connectivity index (χ2n) is 9.62. The number of amides is 2. The molecule has 204 valence electrons. The van der Waals surface area contributed by atoms with E-state index in [0.717, 1.165) is 0 Å². The number of amidine groups is 1. The van der Waals surface area contributed by atoms with E-state index >= 15 is 0 Å². The van der Waals surface area contributed by atoms with E-state index in [-0.39, 0.29) is 53.6 Å². The van der Waals surface area contributed by atoms with Gasteiger partial charge in [0.1, 0.15) is 11.6 Å². The van der Waals surface area contributed by atoms with E-state index in [0.29, 0.717) is 42.7 Å². The molecule has 10 nitrogen and oxygen atoms in total. The van der Waals surface area contributed by atoms with Gasteiger partial charge in [0, 0.05) is 43.2 Å². The highest BCUT2D eigenvalue weighted by Crippen LogP contribution is 2.25. The number of hydrogen-bond donors (Lipinski definition) is 4. The Balaban J connectivity index is 1.87. The molecule has 0 aromatic heterocycles. The smallest absolute Gasteiger partial charge is 0.227 e. The van der Waals surface area contributed by atoms with Crippen LogP contribution in [0.5, 0.6) is 0 Å². The van der Waals surface area contributed by atoms with Gasteiger partial charge in [0.05, 0.1) is 16.6 Å². The fourth-order valence-corrected chi connectivity index (χ4v) is 6.19. The Bertz CT molecular complexity index is 1300. The molecular weight excluding hydrogens is 506 g/mol. The number of anilines is 1. The van der Waals surface area contributed by atoms with Crippen molar-refractivity contribution in [2.24, 2.45) is 23.3 Å². The molecule has 1 saturated heterocycles. The van der Waals surface area contributed by atoms with Gasteiger partial charge >= 0.3 is 0 Å². The third-order valence-corrected chi connectivity index (χ3v) is 8.53. The van der Waals surface area contributed by atoms with Gasteiger partial charge < -0.3 is 21.7 Å². The summed E-state index contributed by atoms with van der Waals surface area (Å²) in [6.45, 7) is 2.49. The number of rotatable bonds is 11. The lowest BCUT2D eigenvalue weighted by Crippen LogP contribution is -2.45. The van der Waals surface area contributed by atoms with Gasteiger partial charge in [-0.05, 0) is 56.0 Å². The number of piperidine rings is 1. The zero-order valence-electron chi connectivity index (χ0n) is 21.5. The van der Waals surface area contributed by atoms with E-state index in [9.17, 15) is 22.8 Å². The highest BCUT2D eigenvalue weighted by atomic mass is 32.2. The molecule has 1 heterocycles. The number of nitrogens with two attached hydrogens (primary N) is 2. The number of carbonyl (C=O) groups is 3. The summed E-state index contributed by atoms with van der Waals surface area (Å²) in [5, 5.41) is 10.3. The number of carbonyl (C=O) groups excluding carboxylic acids is 3. The van der Waals surface area contributed by atoms with Crippen molar-refractivity contribution in [2.75, 3.05) is 30.7 Å². The normalized spacial score (nSPS) is 15.1. The fraction of sp³-hybridized carbons (Fsp3) is 0.407. The molecular formula is C27H35N5O5S. The topological polar surface area (TPSA) is 177 Å². The van der Waals surface area contributed by atoms with Crippen molar-refractivity contribution in [1.82, 2.24) is 4.90 Å². The number of likely N-dealkylation sites (tertiary alicyclic amines) is 1. The minimum absolute atomic E-state index is 0.00590. The lowest BCUT2D eigenvalue weighted by Gasteiger charge is -2.33. The zero-order chi connectivity index (χ0) is 27.9. The van der Waals surface area contributed by atoms with Gasteiger partial charge in [-0.15, -0.1) is 0 Å². The van der Waals surface area contributed by atoms with Crippen LogP contribution in [0, 0.1) is 17.2 Å². The standard InChI is InChI=1S/C27H35N5O5S/c1-18(33)20-9-12-32(13-10-20)27(35)22(15-19-4-2-5-21(14-19)26(29)30)17-38(36,37)24-7-3-6-23(16-24)31-25(34)8-11-28/h2-7,14,16,20,22H,8-13,15,17,28H2,1H3,(H3,29,30)(H,31,34)/t22-/m1/s1. The van der Waals surface area contributed by atoms with E-state index in [2.05, 4.69) is 5.32 Å². The maximum Gasteiger partial charge on any atom is 0.227 e. The molecule has 11 heteroatoms. The first-order chi connectivity index (χ1) is 18.0. The highest BCUT2D eigenvalue weighted by Gasteiger charge is 2.33. The summed E-state index contributed by atoms with van der Waals surface area (Å²) in [5.41, 5.74) is 12.5. The lowest BCUT2D eigenvalue weighted by molar-refractivity contribution is -0.137. The molecule has 0 saturated carbocycles. The van der Waals surface area contributed by atoms with Crippen LogP contribution in [0.2, 0.25) is 0 Å². The van der Waals surface area contributed by atoms with E-state index < -0.39 is 21.5 Å². The maximum atomic E-state index is 13.6. The number of nitrogens with one attached hydrogen (secondary N) is 2. The molecule has 0 unspecified atom stereocenters. The summed E-state index contributed by atoms with van der Waals surface area (Å²) in [6, 6.07) is 12.8. The Hall–Kier alpha value is -3.57. The molecule has 2 aromatic carbocycles. The lowest BCUT2D eigenvalue weighted by atomic mass is 9.91. The van der Waals surface area contributed by atoms with Crippen LogP contribution >= 0.6 is 0 Å².